The summed E-state index contributed by atoms with van der Waals surface area (Å²) in [6.45, 7) is 11.1. The summed E-state index contributed by atoms with van der Waals surface area (Å²) in [6.07, 6.45) is 4.34. The summed E-state index contributed by atoms with van der Waals surface area (Å²) in [5.74, 6) is -8.07. The molecule has 4 rings (SSSR count). The number of H-pyrrole nitrogens is 1. The summed E-state index contributed by atoms with van der Waals surface area (Å²) >= 11 is 0. The third-order valence-corrected chi connectivity index (χ3v) is 13.1. The van der Waals surface area contributed by atoms with E-state index in [4.69, 9.17) is 11.5 Å². The highest BCUT2D eigenvalue weighted by Gasteiger charge is 2.34. The number of imidazole rings is 1. The average Bonchev–Trinajstić information content (AvgIpc) is 4.23. The van der Waals surface area contributed by atoms with Crippen molar-refractivity contribution in [2.75, 3.05) is 13.1 Å². The summed E-state index contributed by atoms with van der Waals surface area (Å²) in [5.41, 5.74) is 11.3. The zero-order chi connectivity index (χ0) is 61.0. The molecule has 0 fully saturated rings. The van der Waals surface area contributed by atoms with E-state index in [0.29, 0.717) is 29.4 Å². The molecule has 4 aromatic rings. The zero-order valence-electron chi connectivity index (χ0n) is 46.8. The lowest BCUT2D eigenvalue weighted by atomic mass is 10.0. The molecule has 9 amide bonds. The second-order valence-electron chi connectivity index (χ2n) is 20.6. The molecule has 2 heterocycles. The van der Waals surface area contributed by atoms with Gasteiger partial charge in [0.1, 0.15) is 48.0 Å². The van der Waals surface area contributed by atoms with Gasteiger partial charge in [0.15, 0.2) is 0 Å². The molecule has 2 aromatic heterocycles. The molecule has 14 N–H and O–H groups in total. The number of benzene rings is 2. The van der Waals surface area contributed by atoms with Crippen LogP contribution in [0.2, 0.25) is 0 Å². The van der Waals surface area contributed by atoms with Gasteiger partial charge in [0.05, 0.1) is 40.6 Å². The number of carbonyl (C=O) groups is 9. The van der Waals surface area contributed by atoms with Crippen molar-refractivity contribution in [3.63, 3.8) is 0 Å². The van der Waals surface area contributed by atoms with Crippen LogP contribution in [0.1, 0.15) is 98.2 Å². The largest absolute Gasteiger partial charge is 0.391 e. The molecule has 0 spiro atoms. The van der Waals surface area contributed by atoms with E-state index in [1.54, 1.807) is 44.3 Å². The van der Waals surface area contributed by atoms with Gasteiger partial charge in [0, 0.05) is 55.2 Å². The molecule has 0 saturated heterocycles. The van der Waals surface area contributed by atoms with E-state index in [-0.39, 0.29) is 49.4 Å². The number of nitro groups is 2. The fourth-order valence-electron chi connectivity index (χ4n) is 8.45. The molecule has 8 atom stereocenters. The Morgan fingerprint density at radius 3 is 2.01 bits per heavy atom. The Bertz CT molecular complexity index is 2940. The fourth-order valence-corrected chi connectivity index (χ4v) is 8.45. The van der Waals surface area contributed by atoms with E-state index >= 15 is 0 Å². The zero-order valence-corrected chi connectivity index (χ0v) is 46.8. The quantitative estimate of drug-likeness (QED) is 0.0169. The van der Waals surface area contributed by atoms with Crippen LogP contribution in [0.15, 0.2) is 61.2 Å². The first kappa shape index (κ1) is 65.7. The first-order valence-corrected chi connectivity index (χ1v) is 26.8. The lowest BCUT2D eigenvalue weighted by Crippen LogP contribution is -2.60. The average molecular weight is 1150 g/mol. The van der Waals surface area contributed by atoms with Crippen molar-refractivity contribution in [2.45, 2.75) is 148 Å². The number of aliphatic hydroxyl groups excluding tert-OH is 1. The standard InChI is InChI=1S/C53H75N15O14/c1-8-9-12-19-56-48(73)38(20-28(2)3)63-51(76)40(22-33-26-66(27-59-33)41-17-15-34(67(79)80)23-42(41)68(81)82)61-44(71)25-58-53(78)46(29(4)5)65-47(72)30(6)60-50(75)39(21-32-24-57-36-14-11-10-13-35(32)36)64-49(74)37(16-18-43(54)70)62-52(77)45(55)31(7)69/h10-11,13-15,17,23-24,26-31,37-40,45-46,57,69H,8-9,12,16,18-22,25,55H2,1-7H3,(H2,54,70)(H,56,73)(H,58,78)(H,60,75)(H,61,71)(H,62,77)(H,63,76)(H,64,74)(H,65,72)/t30-,31+,37-,38-,39-,40-,45-,46-/m0/s1. The number of aliphatic hydroxyl groups is 1. The number of primary amides is 1. The van der Waals surface area contributed by atoms with E-state index in [0.717, 1.165) is 31.0 Å². The number of aromatic nitrogens is 3. The van der Waals surface area contributed by atoms with E-state index < -0.39 is 135 Å². The number of unbranched alkanes of at least 4 members (excludes halogenated alkanes) is 2. The minimum absolute atomic E-state index is 0.0673. The van der Waals surface area contributed by atoms with Gasteiger partial charge in [-0.2, -0.15) is 0 Å². The van der Waals surface area contributed by atoms with Crippen LogP contribution < -0.4 is 54.0 Å². The van der Waals surface area contributed by atoms with Gasteiger partial charge in [-0.05, 0) is 62.6 Å². The van der Waals surface area contributed by atoms with Gasteiger partial charge in [0.25, 0.3) is 11.4 Å². The van der Waals surface area contributed by atoms with Crippen molar-refractivity contribution < 1.29 is 58.1 Å². The molecule has 82 heavy (non-hydrogen) atoms. The van der Waals surface area contributed by atoms with Crippen LogP contribution in [-0.4, -0.2) is 144 Å². The van der Waals surface area contributed by atoms with Gasteiger partial charge in [0.2, 0.25) is 53.2 Å². The molecule has 0 aliphatic carbocycles. The predicted molar refractivity (Wildman–Crippen MR) is 298 cm³/mol. The number of fused-ring (bicyclic) bond motifs is 1. The number of carbonyl (C=O) groups excluding carboxylic acids is 9. The highest BCUT2D eigenvalue weighted by Crippen LogP contribution is 2.28. The van der Waals surface area contributed by atoms with E-state index in [1.165, 1.54) is 30.9 Å². The summed E-state index contributed by atoms with van der Waals surface area (Å²) in [6, 6.07) is 0.606. The maximum atomic E-state index is 14.1. The van der Waals surface area contributed by atoms with Gasteiger partial charge < -0.3 is 64.1 Å². The number of hydrogen-bond acceptors (Lipinski definition) is 16. The Balaban J connectivity index is 1.52. The second-order valence-corrected chi connectivity index (χ2v) is 20.6. The number of rotatable bonds is 33. The van der Waals surface area contributed by atoms with Crippen molar-refractivity contribution in [1.29, 1.82) is 0 Å². The van der Waals surface area contributed by atoms with Crippen molar-refractivity contribution in [3.05, 3.63) is 92.7 Å². The molecule has 0 aliphatic rings. The number of hydrogen-bond donors (Lipinski definition) is 12. The minimum Gasteiger partial charge on any atom is -0.391 e. The van der Waals surface area contributed by atoms with Crippen molar-refractivity contribution in [3.8, 4) is 5.69 Å². The molecule has 2 aromatic carbocycles. The van der Waals surface area contributed by atoms with Crippen LogP contribution in [0.25, 0.3) is 16.6 Å². The monoisotopic (exact) mass is 1150 g/mol. The smallest absolute Gasteiger partial charge is 0.300 e. The molecule has 29 heteroatoms. The van der Waals surface area contributed by atoms with Gasteiger partial charge in [-0.3, -0.25) is 67.9 Å². The molecule has 29 nitrogen and oxygen atoms in total. The van der Waals surface area contributed by atoms with Gasteiger partial charge in [-0.15, -0.1) is 0 Å². The Hall–Kier alpha value is -8.86. The molecular formula is C53H75N15O14. The molecule has 0 saturated carbocycles. The summed E-state index contributed by atoms with van der Waals surface area (Å²) in [5, 5.41) is 54.6. The Labute approximate surface area is 472 Å². The number of nitrogens with zero attached hydrogens (tertiary/aromatic N) is 4. The SMILES string of the molecule is CCCCCNC(=O)[C@H](CC(C)C)NC(=O)[C@H](Cc1cn(-c2ccc([N+](=O)[O-])cc2[N+](=O)[O-])cn1)NC(=O)CNC(=O)[C@@H](NC(=O)[C@H](C)NC(=O)[C@H](Cc1c[nH]c2ccccc12)NC(=O)[C@H](CCC(N)=O)NC(=O)[C@@H](N)[C@@H](C)O)C(C)C. The summed E-state index contributed by atoms with van der Waals surface area (Å²) < 4.78 is 1.21. The predicted octanol–water partition coefficient (Wildman–Crippen LogP) is -0.0178. The molecule has 0 aliphatic heterocycles. The van der Waals surface area contributed by atoms with Crippen LogP contribution in [0, 0.1) is 32.1 Å². The third-order valence-electron chi connectivity index (χ3n) is 13.1. The Morgan fingerprint density at radius 1 is 0.732 bits per heavy atom. The van der Waals surface area contributed by atoms with Crippen LogP contribution >= 0.6 is 0 Å². The number of nitro benzene ring substituents is 2. The van der Waals surface area contributed by atoms with Crippen LogP contribution in [-0.2, 0) is 56.0 Å². The van der Waals surface area contributed by atoms with Crippen molar-refractivity contribution >= 4 is 75.4 Å². The molecule has 0 bridgehead atoms. The van der Waals surface area contributed by atoms with Crippen molar-refractivity contribution in [1.82, 2.24) is 57.1 Å². The Morgan fingerprint density at radius 2 is 1.38 bits per heavy atom. The van der Waals surface area contributed by atoms with Gasteiger partial charge in [-0.25, -0.2) is 4.98 Å². The molecular weight excluding hydrogens is 1070 g/mol. The number of nitrogens with one attached hydrogen (secondary N) is 9. The van der Waals surface area contributed by atoms with Crippen LogP contribution in [0.5, 0.6) is 0 Å². The van der Waals surface area contributed by atoms with Crippen LogP contribution in [0.4, 0.5) is 11.4 Å². The summed E-state index contributed by atoms with van der Waals surface area (Å²) in [7, 11) is 0. The second kappa shape index (κ2) is 31.2. The lowest BCUT2D eigenvalue weighted by Gasteiger charge is -2.27. The number of para-hydroxylation sites is 1. The maximum Gasteiger partial charge on any atom is 0.300 e. The number of aromatic amines is 1. The third kappa shape index (κ3) is 19.7. The minimum atomic E-state index is -1.47. The van der Waals surface area contributed by atoms with Gasteiger partial charge in [-0.1, -0.05) is 65.7 Å². The molecule has 446 valence electrons. The Kier molecular flexibility index (Phi) is 25.0. The van der Waals surface area contributed by atoms with E-state index in [2.05, 4.69) is 52.5 Å². The van der Waals surface area contributed by atoms with E-state index in [1.807, 2.05) is 20.8 Å². The first-order chi connectivity index (χ1) is 38.7. The lowest BCUT2D eigenvalue weighted by molar-refractivity contribution is -0.394. The number of non-ortho nitro benzene ring substituents is 1. The van der Waals surface area contributed by atoms with E-state index in [9.17, 15) is 68.5 Å². The van der Waals surface area contributed by atoms with Gasteiger partial charge >= 0.3 is 0 Å². The van der Waals surface area contributed by atoms with Crippen LogP contribution in [0.3, 0.4) is 0 Å². The highest BCUT2D eigenvalue weighted by atomic mass is 16.6. The number of nitrogens with two attached hydrogens (primary N) is 2. The van der Waals surface area contributed by atoms with Crippen molar-refractivity contribution in [2.24, 2.45) is 23.3 Å². The first-order valence-electron chi connectivity index (χ1n) is 26.8. The molecule has 0 radical (unpaired) electrons. The fraction of sp³-hybridized carbons (Fsp3) is 0.509. The number of amides is 9. The topological polar surface area (TPSA) is 442 Å². The maximum absolute atomic E-state index is 14.1. The summed E-state index contributed by atoms with van der Waals surface area (Å²) in [4.78, 5) is 150. The normalized spacial score (nSPS) is 14.2. The molecule has 0 unspecified atom stereocenters. The highest BCUT2D eigenvalue weighted by molar-refractivity contribution is 5.98.